The molecular weight excluding hydrogens is 624 g/mol. The number of aromatic nitrogens is 4. The highest BCUT2D eigenvalue weighted by Gasteiger charge is 2.38. The molecule has 1 aliphatic heterocycles. The fourth-order valence-electron chi connectivity index (χ4n) is 6.58. The molecule has 0 radical (unpaired) electrons. The van der Waals surface area contributed by atoms with Crippen molar-refractivity contribution in [3.8, 4) is 22.5 Å². The standard InChI is InChI=1S/C38H32N4O7/c1-23-19-41(38(45)42(37(23)44)20-26-16-32(39-48-26)30-14-6-10-24-8-2-4-12-28(24)30)36-18-34(35(21-43)47-36)46-22-27-17-33(40-49-27)31-15-7-11-25-9-3-5-13-29(25)31/h2-17,19,34-36,43H,18,20-22H2,1H3/t34-,35+,36+/m0/s1. The Hall–Kier alpha value is -5.62. The van der Waals surface area contributed by atoms with Crippen molar-refractivity contribution in [2.24, 2.45) is 0 Å². The van der Waals surface area contributed by atoms with E-state index >= 15 is 0 Å². The smallest absolute Gasteiger partial charge is 0.333 e. The Labute approximate surface area is 279 Å². The van der Waals surface area contributed by atoms with Crippen LogP contribution in [-0.2, 0) is 22.6 Å². The van der Waals surface area contributed by atoms with Crippen LogP contribution < -0.4 is 11.2 Å². The minimum absolute atomic E-state index is 0.0902. The van der Waals surface area contributed by atoms with Crippen LogP contribution in [-0.4, -0.2) is 43.4 Å². The average Bonchev–Trinajstić information content (AvgIpc) is 3.90. The lowest BCUT2D eigenvalue weighted by molar-refractivity contribution is -0.0684. The zero-order valence-electron chi connectivity index (χ0n) is 26.6. The van der Waals surface area contributed by atoms with Crippen LogP contribution in [0.4, 0.5) is 0 Å². The third-order valence-corrected chi connectivity index (χ3v) is 9.04. The Morgan fingerprint density at radius 2 is 1.41 bits per heavy atom. The highest BCUT2D eigenvalue weighted by Crippen LogP contribution is 2.32. The molecule has 1 fully saturated rings. The summed E-state index contributed by atoms with van der Waals surface area (Å²) < 4.78 is 25.9. The number of aliphatic hydroxyl groups excluding tert-OH is 1. The first-order valence-corrected chi connectivity index (χ1v) is 16.0. The summed E-state index contributed by atoms with van der Waals surface area (Å²) in [5, 5.41) is 22.9. The fourth-order valence-corrected chi connectivity index (χ4v) is 6.58. The highest BCUT2D eigenvalue weighted by molar-refractivity contribution is 5.96. The Kier molecular flexibility index (Phi) is 8.00. The maximum Gasteiger partial charge on any atom is 0.333 e. The summed E-state index contributed by atoms with van der Waals surface area (Å²) in [5.74, 6) is 0.871. The molecule has 1 N–H and O–H groups in total. The number of benzene rings is 4. The number of hydrogen-bond acceptors (Lipinski definition) is 9. The molecule has 11 heteroatoms. The molecule has 0 unspecified atom stereocenters. The van der Waals surface area contributed by atoms with E-state index in [4.69, 9.17) is 18.5 Å². The number of rotatable bonds is 9. The summed E-state index contributed by atoms with van der Waals surface area (Å²) >= 11 is 0. The van der Waals surface area contributed by atoms with E-state index in [1.165, 1.54) is 10.8 Å². The van der Waals surface area contributed by atoms with Gasteiger partial charge < -0.3 is 23.6 Å². The van der Waals surface area contributed by atoms with Gasteiger partial charge in [-0.15, -0.1) is 0 Å². The van der Waals surface area contributed by atoms with Crippen molar-refractivity contribution in [2.45, 2.75) is 44.9 Å². The minimum atomic E-state index is -0.776. The Bertz CT molecular complexity index is 2410. The van der Waals surface area contributed by atoms with Crippen LogP contribution in [0.15, 0.2) is 122 Å². The minimum Gasteiger partial charge on any atom is -0.394 e. The van der Waals surface area contributed by atoms with Crippen molar-refractivity contribution in [3.63, 3.8) is 0 Å². The molecule has 11 nitrogen and oxygen atoms in total. The van der Waals surface area contributed by atoms with E-state index in [1.807, 2.05) is 91.0 Å². The molecule has 49 heavy (non-hydrogen) atoms. The third-order valence-electron chi connectivity index (χ3n) is 9.04. The van der Waals surface area contributed by atoms with Gasteiger partial charge >= 0.3 is 5.69 Å². The lowest BCUT2D eigenvalue weighted by atomic mass is 10.0. The highest BCUT2D eigenvalue weighted by atomic mass is 16.6. The van der Waals surface area contributed by atoms with Gasteiger partial charge in [0.05, 0.1) is 19.3 Å². The van der Waals surface area contributed by atoms with Crippen LogP contribution in [0, 0.1) is 6.92 Å². The summed E-state index contributed by atoms with van der Waals surface area (Å²) in [7, 11) is 0. The summed E-state index contributed by atoms with van der Waals surface area (Å²) in [6.07, 6.45) is -0.276. The molecule has 1 saturated heterocycles. The number of nitrogens with zero attached hydrogens (tertiary/aromatic N) is 4. The van der Waals surface area contributed by atoms with Crippen molar-refractivity contribution in [1.29, 1.82) is 0 Å². The number of fused-ring (bicyclic) bond motifs is 2. The van der Waals surface area contributed by atoms with E-state index in [0.29, 0.717) is 28.5 Å². The van der Waals surface area contributed by atoms with Gasteiger partial charge in [-0.25, -0.2) is 4.79 Å². The number of ether oxygens (including phenoxy) is 2. The largest absolute Gasteiger partial charge is 0.394 e. The first-order chi connectivity index (χ1) is 24.0. The van der Waals surface area contributed by atoms with Crippen LogP contribution in [0.2, 0.25) is 0 Å². The normalized spacial score (nSPS) is 17.7. The first-order valence-electron chi connectivity index (χ1n) is 16.0. The van der Waals surface area contributed by atoms with Gasteiger partial charge in [-0.05, 0) is 28.5 Å². The SMILES string of the molecule is Cc1cn([C@H]2C[C@H](OCc3cc(-c4cccc5ccccc45)no3)[C@@H](CO)O2)c(=O)n(Cc2cc(-c3cccc4ccccc34)no2)c1=O. The molecule has 246 valence electrons. The van der Waals surface area contributed by atoms with E-state index in [1.54, 1.807) is 13.0 Å². The van der Waals surface area contributed by atoms with E-state index in [0.717, 1.165) is 37.2 Å². The van der Waals surface area contributed by atoms with E-state index in [9.17, 15) is 14.7 Å². The van der Waals surface area contributed by atoms with E-state index in [-0.39, 0.29) is 26.2 Å². The number of hydrogen-bond donors (Lipinski definition) is 1. The molecule has 0 spiro atoms. The number of aliphatic hydroxyl groups is 1. The second kappa shape index (κ2) is 12.8. The summed E-state index contributed by atoms with van der Waals surface area (Å²) in [6, 6.07) is 31.5. The molecule has 0 bridgehead atoms. The van der Waals surface area contributed by atoms with Gasteiger partial charge in [0.2, 0.25) is 0 Å². The Morgan fingerprint density at radius 3 is 2.06 bits per heavy atom. The zero-order chi connectivity index (χ0) is 33.5. The third kappa shape index (κ3) is 5.78. The van der Waals surface area contributed by atoms with Crippen molar-refractivity contribution in [2.75, 3.05) is 6.61 Å². The van der Waals surface area contributed by atoms with Gasteiger partial charge in [0.1, 0.15) is 30.3 Å². The second-order valence-corrected chi connectivity index (χ2v) is 12.2. The molecule has 3 atom stereocenters. The first kappa shape index (κ1) is 30.7. The van der Waals surface area contributed by atoms with Crippen LogP contribution in [0.1, 0.15) is 29.7 Å². The lowest BCUT2D eigenvalue weighted by Gasteiger charge is -2.17. The molecule has 7 aromatic rings. The fraction of sp³-hybridized carbons (Fsp3) is 0.211. The molecule has 4 aromatic carbocycles. The van der Waals surface area contributed by atoms with E-state index < -0.39 is 29.7 Å². The molecular formula is C38H32N4O7. The van der Waals surface area contributed by atoms with Crippen LogP contribution in [0.25, 0.3) is 44.1 Å². The summed E-state index contributed by atoms with van der Waals surface area (Å²) in [4.78, 5) is 27.0. The van der Waals surface area contributed by atoms with Gasteiger partial charge in [-0.3, -0.25) is 13.9 Å². The van der Waals surface area contributed by atoms with Crippen molar-refractivity contribution in [3.05, 3.63) is 141 Å². The Balaban J connectivity index is 0.998. The van der Waals surface area contributed by atoms with Crippen LogP contribution >= 0.6 is 0 Å². The predicted molar refractivity (Wildman–Crippen MR) is 182 cm³/mol. The Morgan fingerprint density at radius 1 is 0.816 bits per heavy atom. The van der Waals surface area contributed by atoms with Crippen LogP contribution in [0.3, 0.4) is 0 Å². The maximum atomic E-state index is 13.8. The van der Waals surface area contributed by atoms with Crippen molar-refractivity contribution < 1.29 is 23.6 Å². The van der Waals surface area contributed by atoms with Gasteiger partial charge in [-0.2, -0.15) is 0 Å². The number of aryl methyl sites for hydroxylation is 1. The van der Waals surface area contributed by atoms with E-state index in [2.05, 4.69) is 10.3 Å². The second-order valence-electron chi connectivity index (χ2n) is 12.2. The average molecular weight is 657 g/mol. The molecule has 3 aromatic heterocycles. The summed E-state index contributed by atoms with van der Waals surface area (Å²) in [5.41, 5.74) is 2.47. The van der Waals surface area contributed by atoms with Gasteiger partial charge in [0.15, 0.2) is 11.5 Å². The van der Waals surface area contributed by atoms with Gasteiger partial charge in [-0.1, -0.05) is 95.2 Å². The molecule has 4 heterocycles. The topological polar surface area (TPSA) is 135 Å². The maximum absolute atomic E-state index is 13.8. The zero-order valence-corrected chi connectivity index (χ0v) is 26.6. The van der Waals surface area contributed by atoms with Gasteiger partial charge in [0, 0.05) is 41.4 Å². The lowest BCUT2D eigenvalue weighted by Crippen LogP contribution is -2.42. The predicted octanol–water partition coefficient (Wildman–Crippen LogP) is 5.85. The molecule has 0 saturated carbocycles. The van der Waals surface area contributed by atoms with Crippen molar-refractivity contribution in [1.82, 2.24) is 19.4 Å². The molecule has 0 amide bonds. The summed E-state index contributed by atoms with van der Waals surface area (Å²) in [6.45, 7) is 1.30. The molecule has 8 rings (SSSR count). The molecule has 0 aliphatic carbocycles. The van der Waals surface area contributed by atoms with Gasteiger partial charge in [0.25, 0.3) is 5.56 Å². The van der Waals surface area contributed by atoms with Crippen molar-refractivity contribution >= 4 is 21.5 Å². The monoisotopic (exact) mass is 656 g/mol. The van der Waals surface area contributed by atoms with Crippen LogP contribution in [0.5, 0.6) is 0 Å². The molecule has 1 aliphatic rings. The quantitative estimate of drug-likeness (QED) is 0.203.